The summed E-state index contributed by atoms with van der Waals surface area (Å²) in [5, 5.41) is 5.35. The molecule has 1 aromatic heterocycles. The summed E-state index contributed by atoms with van der Waals surface area (Å²) >= 11 is 0. The number of hydrogen-bond donors (Lipinski definition) is 2. The van der Waals surface area contributed by atoms with Gasteiger partial charge in [-0.05, 0) is 132 Å². The molecule has 52 heavy (non-hydrogen) atoms. The Bertz CT molecular complexity index is 1850. The van der Waals surface area contributed by atoms with Gasteiger partial charge in [-0.15, -0.1) is 13.2 Å². The van der Waals surface area contributed by atoms with Gasteiger partial charge in [0.2, 0.25) is 11.8 Å². The van der Waals surface area contributed by atoms with Crippen molar-refractivity contribution < 1.29 is 31.9 Å². The van der Waals surface area contributed by atoms with Crippen molar-refractivity contribution in [1.29, 1.82) is 0 Å². The van der Waals surface area contributed by atoms with Crippen LogP contribution in [0.5, 0.6) is 5.75 Å². The van der Waals surface area contributed by atoms with Gasteiger partial charge in [-0.1, -0.05) is 18.2 Å². The minimum Gasteiger partial charge on any atom is -0.405 e. The topological polar surface area (TPSA) is 95.9 Å². The fraction of sp³-hybridized carbons (Fsp3) is 0.513. The Labute approximate surface area is 301 Å². The number of nitrogens with one attached hydrogen (secondary N) is 2. The maximum Gasteiger partial charge on any atom is 0.573 e. The van der Waals surface area contributed by atoms with Crippen LogP contribution in [0.2, 0.25) is 0 Å². The molecule has 0 radical (unpaired) electrons. The molecule has 0 aliphatic carbocycles. The van der Waals surface area contributed by atoms with Crippen molar-refractivity contribution in [3.05, 3.63) is 81.0 Å². The lowest BCUT2D eigenvalue weighted by Crippen LogP contribution is -2.47. The van der Waals surface area contributed by atoms with Gasteiger partial charge < -0.3 is 19.5 Å². The molecule has 3 saturated heterocycles. The van der Waals surface area contributed by atoms with Crippen LogP contribution >= 0.6 is 0 Å². The number of aryl methyl sites for hydroxylation is 1. The van der Waals surface area contributed by atoms with Gasteiger partial charge in [0.1, 0.15) is 17.6 Å². The Morgan fingerprint density at radius 2 is 1.62 bits per heavy atom. The molecule has 6 rings (SSSR count). The molecule has 280 valence electrons. The normalized spacial score (nSPS) is 19.9. The first-order valence-electron chi connectivity index (χ1n) is 18.1. The number of likely N-dealkylation sites (tertiary alicyclic amines) is 2. The van der Waals surface area contributed by atoms with Crippen LogP contribution in [-0.2, 0) is 23.2 Å². The third kappa shape index (κ3) is 9.03. The second-order valence-corrected chi connectivity index (χ2v) is 14.6. The summed E-state index contributed by atoms with van der Waals surface area (Å²) in [5.74, 6) is -0.536. The van der Waals surface area contributed by atoms with E-state index < -0.39 is 12.4 Å². The minimum atomic E-state index is -4.83. The predicted molar refractivity (Wildman–Crippen MR) is 191 cm³/mol. The number of piperidine rings is 3. The highest BCUT2D eigenvalue weighted by atomic mass is 19.4. The van der Waals surface area contributed by atoms with Crippen LogP contribution in [0.4, 0.5) is 23.2 Å². The van der Waals surface area contributed by atoms with Crippen LogP contribution in [0.3, 0.4) is 0 Å². The van der Waals surface area contributed by atoms with Crippen LogP contribution in [0, 0.1) is 25.6 Å². The molecule has 2 amide bonds. The number of halogens is 4. The van der Waals surface area contributed by atoms with E-state index in [1.54, 1.807) is 51.4 Å². The lowest BCUT2D eigenvalue weighted by Gasteiger charge is -2.35. The first kappa shape index (κ1) is 37.5. The first-order valence-corrected chi connectivity index (χ1v) is 18.1. The number of nitrogens with zero attached hydrogens (tertiary/aromatic N) is 3. The summed E-state index contributed by atoms with van der Waals surface area (Å²) in [4.78, 5) is 40.4. The predicted octanol–water partition coefficient (Wildman–Crippen LogP) is 6.41. The summed E-state index contributed by atoms with van der Waals surface area (Å²) in [6.07, 6.45) is 2.13. The highest BCUT2D eigenvalue weighted by molar-refractivity contribution is 6.01. The average molecular weight is 726 g/mol. The lowest BCUT2D eigenvalue weighted by atomic mass is 9.88. The van der Waals surface area contributed by atoms with E-state index in [0.717, 1.165) is 70.4 Å². The second kappa shape index (κ2) is 15.8. The number of pyridine rings is 1. The Morgan fingerprint density at radius 3 is 2.29 bits per heavy atom. The number of ether oxygens (including phenoxy) is 1. The number of carbonyl (C=O) groups is 2. The SMILES string of the molecule is Cc1c(-c2ccc(CN3CCC(CCN4CCC(c5ccc(NC6CCC(=O)NC6=O)cc5F)CC4)CC3)c(OC(F)(F)F)c2)cn(C)c(=O)c1C. The Hall–Kier alpha value is -4.23. The second-order valence-electron chi connectivity index (χ2n) is 14.6. The smallest absolute Gasteiger partial charge is 0.405 e. The molecule has 1 atom stereocenters. The maximum atomic E-state index is 15.2. The van der Waals surface area contributed by atoms with E-state index in [0.29, 0.717) is 52.4 Å². The Balaban J connectivity index is 0.973. The van der Waals surface area contributed by atoms with Crippen molar-refractivity contribution in [2.75, 3.05) is 38.0 Å². The lowest BCUT2D eigenvalue weighted by molar-refractivity contribution is -0.275. The van der Waals surface area contributed by atoms with Crippen LogP contribution in [0.15, 0.2) is 47.4 Å². The number of hydrogen-bond acceptors (Lipinski definition) is 7. The van der Waals surface area contributed by atoms with Gasteiger partial charge >= 0.3 is 6.36 Å². The first-order chi connectivity index (χ1) is 24.7. The van der Waals surface area contributed by atoms with Crippen LogP contribution < -0.4 is 20.9 Å². The van der Waals surface area contributed by atoms with Crippen molar-refractivity contribution in [3.63, 3.8) is 0 Å². The van der Waals surface area contributed by atoms with Crippen LogP contribution in [0.25, 0.3) is 11.1 Å². The van der Waals surface area contributed by atoms with Gasteiger partial charge in [0.25, 0.3) is 5.56 Å². The Kier molecular flexibility index (Phi) is 11.4. The fourth-order valence-corrected chi connectivity index (χ4v) is 7.83. The molecule has 9 nitrogen and oxygen atoms in total. The molecule has 0 saturated carbocycles. The molecule has 3 aromatic rings. The molecule has 13 heteroatoms. The van der Waals surface area contributed by atoms with Gasteiger partial charge in [-0.3, -0.25) is 24.6 Å². The zero-order chi connectivity index (χ0) is 37.2. The maximum absolute atomic E-state index is 15.2. The molecule has 4 heterocycles. The number of imide groups is 1. The van der Waals surface area contributed by atoms with E-state index in [-0.39, 0.29) is 41.3 Å². The third-order valence-electron chi connectivity index (χ3n) is 11.1. The number of anilines is 1. The highest BCUT2D eigenvalue weighted by Crippen LogP contribution is 2.35. The summed E-state index contributed by atoms with van der Waals surface area (Å²) in [6.45, 7) is 8.16. The van der Waals surface area contributed by atoms with Crippen molar-refractivity contribution >= 4 is 17.5 Å². The van der Waals surface area contributed by atoms with Gasteiger partial charge in [0, 0.05) is 48.6 Å². The molecule has 1 unspecified atom stereocenters. The van der Waals surface area contributed by atoms with E-state index in [4.69, 9.17) is 0 Å². The van der Waals surface area contributed by atoms with Crippen LogP contribution in [0.1, 0.15) is 73.1 Å². The molecule has 3 aliphatic rings. The largest absolute Gasteiger partial charge is 0.573 e. The zero-order valence-corrected chi connectivity index (χ0v) is 30.0. The summed E-state index contributed by atoms with van der Waals surface area (Å²) in [6, 6.07) is 9.41. The van der Waals surface area contributed by atoms with E-state index in [1.807, 2.05) is 0 Å². The number of alkyl halides is 3. The average Bonchev–Trinajstić information content (AvgIpc) is 3.10. The standard InChI is InChI=1S/C39H47F4N5O4/c1-24-25(2)38(51)46(3)23-32(24)28-4-5-29(35(20-28)52-39(41,42)43)22-48-16-11-26(12-17-48)10-15-47-18-13-27(14-19-47)31-7-6-30(21-33(31)40)44-34-8-9-36(49)45-37(34)50/h4-7,20-21,23,26-27,34,44H,8-19,22H2,1-3H3,(H,45,49,50). The van der Waals surface area contributed by atoms with Gasteiger partial charge in [0.05, 0.1) is 0 Å². The van der Waals surface area contributed by atoms with Gasteiger partial charge in [0.15, 0.2) is 0 Å². The molecular formula is C39H47F4N5O4. The van der Waals surface area contributed by atoms with E-state index in [1.165, 1.54) is 16.7 Å². The zero-order valence-electron chi connectivity index (χ0n) is 30.0. The molecule has 0 spiro atoms. The summed E-state index contributed by atoms with van der Waals surface area (Å²) in [5.41, 5.74) is 4.06. The van der Waals surface area contributed by atoms with Gasteiger partial charge in [-0.2, -0.15) is 0 Å². The van der Waals surface area contributed by atoms with Crippen LogP contribution in [-0.4, -0.2) is 71.3 Å². The van der Waals surface area contributed by atoms with E-state index >= 15 is 4.39 Å². The number of benzene rings is 2. The highest BCUT2D eigenvalue weighted by Gasteiger charge is 2.33. The molecule has 3 fully saturated rings. The van der Waals surface area contributed by atoms with Crippen molar-refractivity contribution in [2.45, 2.75) is 83.7 Å². The van der Waals surface area contributed by atoms with Crippen molar-refractivity contribution in [3.8, 4) is 16.9 Å². The number of rotatable bonds is 10. The number of aromatic nitrogens is 1. The number of carbonyl (C=O) groups excluding carboxylic acids is 2. The molecule has 0 bridgehead atoms. The number of amides is 2. The summed E-state index contributed by atoms with van der Waals surface area (Å²) in [7, 11) is 1.63. The molecule has 3 aliphatic heterocycles. The third-order valence-corrected chi connectivity index (χ3v) is 11.1. The molecule has 2 N–H and O–H groups in total. The van der Waals surface area contributed by atoms with E-state index in [9.17, 15) is 27.6 Å². The molecule has 2 aromatic carbocycles. The Morgan fingerprint density at radius 1 is 0.904 bits per heavy atom. The minimum absolute atomic E-state index is 0.124. The quantitative estimate of drug-likeness (QED) is 0.185. The van der Waals surface area contributed by atoms with Crippen molar-refractivity contribution in [1.82, 2.24) is 19.7 Å². The fourth-order valence-electron chi connectivity index (χ4n) is 7.83. The van der Waals surface area contributed by atoms with Gasteiger partial charge in [-0.25, -0.2) is 4.39 Å². The van der Waals surface area contributed by atoms with E-state index in [2.05, 4.69) is 25.2 Å². The van der Waals surface area contributed by atoms with Crippen molar-refractivity contribution in [2.24, 2.45) is 13.0 Å². The molecular weight excluding hydrogens is 678 g/mol. The monoisotopic (exact) mass is 725 g/mol. The summed E-state index contributed by atoms with van der Waals surface area (Å²) < 4.78 is 61.6.